The van der Waals surface area contributed by atoms with Crippen LogP contribution in [-0.4, -0.2) is 109 Å². The third kappa shape index (κ3) is 8.62. The van der Waals surface area contributed by atoms with Gasteiger partial charge in [-0.25, -0.2) is 13.2 Å². The topological polar surface area (TPSA) is 221 Å². The van der Waals surface area contributed by atoms with E-state index in [0.29, 0.717) is 32.5 Å². The Morgan fingerprint density at radius 1 is 1.23 bits per heavy atom. The van der Waals surface area contributed by atoms with Crippen molar-refractivity contribution in [2.75, 3.05) is 32.8 Å². The van der Waals surface area contributed by atoms with Crippen molar-refractivity contribution in [3.63, 3.8) is 0 Å². The highest BCUT2D eigenvalue weighted by atomic mass is 32.2. The number of nitrogens with two attached hydrogens (primary N) is 1. The van der Waals surface area contributed by atoms with E-state index in [9.17, 15) is 32.7 Å². The number of nitrogens with one attached hydrogen (secondary N) is 2. The van der Waals surface area contributed by atoms with Crippen LogP contribution in [0.5, 0.6) is 0 Å². The van der Waals surface area contributed by atoms with Gasteiger partial charge in [-0.05, 0) is 25.0 Å². The fraction of sp³-hybridized carbons (Fsp3) is 0.522. The van der Waals surface area contributed by atoms with Crippen LogP contribution >= 0.6 is 0 Å². The Bertz CT molecular complexity index is 1200. The lowest BCUT2D eigenvalue weighted by molar-refractivity contribution is -0.140. The number of carbonyl (C=O) groups is 4. The van der Waals surface area contributed by atoms with Crippen LogP contribution in [0.3, 0.4) is 0 Å². The standard InChI is InChI=1S/C23H32N6O9S/c24-26-14-28-9-10-38-16(13-28)12-25-20(30)11-18(22(33)29(15-5-6-15)8-7-21(31)32)27-39(36,37)19-4-2-1-3-17(19)23(34)35/h1-4,14-16,18,27H,5-13,24H2,(H,25,30)(H,31,32)(H,34,35)/t16-,18?/m0/s1. The fourth-order valence-electron chi connectivity index (χ4n) is 4.13. The lowest BCUT2D eigenvalue weighted by Crippen LogP contribution is -2.52. The molecule has 1 aliphatic heterocycles. The minimum atomic E-state index is -4.58. The number of benzene rings is 1. The van der Waals surface area contributed by atoms with Crippen LogP contribution in [0.25, 0.3) is 0 Å². The molecule has 0 radical (unpaired) electrons. The monoisotopic (exact) mass is 568 g/mol. The first kappa shape index (κ1) is 29.8. The third-order valence-electron chi connectivity index (χ3n) is 6.16. The summed E-state index contributed by atoms with van der Waals surface area (Å²) in [5, 5.41) is 24.6. The van der Waals surface area contributed by atoms with E-state index in [-0.39, 0.29) is 25.6 Å². The molecule has 1 aromatic carbocycles. The molecule has 15 nitrogen and oxygen atoms in total. The predicted molar refractivity (Wildman–Crippen MR) is 136 cm³/mol. The minimum Gasteiger partial charge on any atom is -0.481 e. The van der Waals surface area contributed by atoms with Gasteiger partial charge < -0.3 is 35.9 Å². The van der Waals surface area contributed by atoms with Crippen LogP contribution < -0.4 is 15.9 Å². The summed E-state index contributed by atoms with van der Waals surface area (Å²) < 4.78 is 34.2. The Hall–Kier alpha value is -3.76. The second-order valence-corrected chi connectivity index (χ2v) is 10.8. The van der Waals surface area contributed by atoms with E-state index in [2.05, 4.69) is 15.1 Å². The van der Waals surface area contributed by atoms with Crippen molar-refractivity contribution in [3.8, 4) is 0 Å². The third-order valence-corrected chi connectivity index (χ3v) is 7.69. The summed E-state index contributed by atoms with van der Waals surface area (Å²) in [6.45, 7) is 1.23. The van der Waals surface area contributed by atoms with E-state index in [1.54, 1.807) is 4.90 Å². The molecule has 214 valence electrons. The lowest BCUT2D eigenvalue weighted by atomic mass is 10.1. The molecule has 3 rings (SSSR count). The molecule has 1 saturated carbocycles. The summed E-state index contributed by atoms with van der Waals surface area (Å²) in [6.07, 6.45) is 1.29. The van der Waals surface area contributed by atoms with Crippen LogP contribution in [0, 0.1) is 0 Å². The van der Waals surface area contributed by atoms with Gasteiger partial charge in [0, 0.05) is 32.2 Å². The Morgan fingerprint density at radius 2 is 1.95 bits per heavy atom. The maximum Gasteiger partial charge on any atom is 0.337 e. The van der Waals surface area contributed by atoms with Crippen LogP contribution in [0.4, 0.5) is 0 Å². The number of ether oxygens (including phenoxy) is 1. The molecule has 1 saturated heterocycles. The molecule has 16 heteroatoms. The molecule has 1 aromatic rings. The zero-order valence-electron chi connectivity index (χ0n) is 21.1. The molecule has 0 aromatic heterocycles. The quantitative estimate of drug-likeness (QED) is 0.0760. The Labute approximate surface area is 225 Å². The number of nitrogens with zero attached hydrogens (tertiary/aromatic N) is 3. The van der Waals surface area contributed by atoms with Gasteiger partial charge in [0.15, 0.2) is 0 Å². The molecule has 2 atom stereocenters. The largest absolute Gasteiger partial charge is 0.481 e. The second kappa shape index (κ2) is 13.3. The number of carbonyl (C=O) groups excluding carboxylic acids is 2. The van der Waals surface area contributed by atoms with Crippen molar-refractivity contribution in [1.29, 1.82) is 0 Å². The average Bonchev–Trinajstić information content (AvgIpc) is 3.72. The van der Waals surface area contributed by atoms with E-state index < -0.39 is 62.8 Å². The molecular formula is C23H32N6O9S. The molecule has 39 heavy (non-hydrogen) atoms. The fourth-order valence-corrected chi connectivity index (χ4v) is 5.52. The molecule has 1 aliphatic carbocycles. The first-order valence-corrected chi connectivity index (χ1v) is 13.7. The highest BCUT2D eigenvalue weighted by Crippen LogP contribution is 2.28. The number of aliphatic carboxylic acids is 1. The Kier molecular flexibility index (Phi) is 10.2. The molecular weight excluding hydrogens is 536 g/mol. The van der Waals surface area contributed by atoms with E-state index in [1.165, 1.54) is 23.4 Å². The van der Waals surface area contributed by atoms with Gasteiger partial charge in [-0.15, -0.1) is 0 Å². The Morgan fingerprint density at radius 3 is 2.59 bits per heavy atom. The first-order valence-electron chi connectivity index (χ1n) is 12.2. The maximum absolute atomic E-state index is 13.5. The van der Waals surface area contributed by atoms with E-state index in [4.69, 9.17) is 15.7 Å². The van der Waals surface area contributed by atoms with Gasteiger partial charge in [0.25, 0.3) is 0 Å². The number of sulfonamides is 1. The zero-order chi connectivity index (χ0) is 28.6. The smallest absolute Gasteiger partial charge is 0.337 e. The van der Waals surface area contributed by atoms with Crippen molar-refractivity contribution >= 4 is 40.1 Å². The van der Waals surface area contributed by atoms with Gasteiger partial charge in [0.1, 0.15) is 12.4 Å². The van der Waals surface area contributed by atoms with Gasteiger partial charge in [0.05, 0.1) is 36.0 Å². The number of carboxylic acid groups (broad SMARTS) is 2. The normalized spacial score (nSPS) is 18.5. The zero-order valence-corrected chi connectivity index (χ0v) is 21.9. The number of morpholine rings is 1. The van der Waals surface area contributed by atoms with Crippen LogP contribution in [0.1, 0.15) is 36.0 Å². The SMILES string of the molecule is NN=CN1CCO[C@@H](CNC(=O)CC(NS(=O)(=O)c2ccccc2C(=O)O)C(=O)N(CCC(=O)O)C2CC2)C1. The first-order chi connectivity index (χ1) is 18.5. The summed E-state index contributed by atoms with van der Waals surface area (Å²) in [4.78, 5) is 51.6. The molecule has 6 N–H and O–H groups in total. The number of amides is 2. The molecule has 1 unspecified atom stereocenters. The Balaban J connectivity index is 1.78. The number of carboxylic acids is 2. The maximum atomic E-state index is 13.5. The summed E-state index contributed by atoms with van der Waals surface area (Å²) in [5.74, 6) is 1.11. The predicted octanol–water partition coefficient (Wildman–Crippen LogP) is -1.39. The molecule has 2 fully saturated rings. The minimum absolute atomic E-state index is 0.0641. The van der Waals surface area contributed by atoms with Gasteiger partial charge in [0.2, 0.25) is 21.8 Å². The summed E-state index contributed by atoms with van der Waals surface area (Å²) in [7, 11) is -4.58. The van der Waals surface area contributed by atoms with Crippen molar-refractivity contribution in [2.24, 2.45) is 10.9 Å². The van der Waals surface area contributed by atoms with Crippen LogP contribution in [-0.2, 0) is 29.1 Å². The van der Waals surface area contributed by atoms with Crippen LogP contribution in [0.15, 0.2) is 34.3 Å². The van der Waals surface area contributed by atoms with Gasteiger partial charge in [-0.2, -0.15) is 9.82 Å². The van der Waals surface area contributed by atoms with E-state index in [1.807, 2.05) is 0 Å². The van der Waals surface area contributed by atoms with Crippen molar-refractivity contribution in [2.45, 2.75) is 48.8 Å². The van der Waals surface area contributed by atoms with Gasteiger partial charge >= 0.3 is 11.9 Å². The number of hydrazone groups is 1. The van der Waals surface area contributed by atoms with E-state index >= 15 is 0 Å². The molecule has 0 bridgehead atoms. The number of rotatable bonds is 14. The van der Waals surface area contributed by atoms with Gasteiger partial charge in [-0.3, -0.25) is 14.4 Å². The second-order valence-electron chi connectivity index (χ2n) is 9.14. The molecule has 2 amide bonds. The highest BCUT2D eigenvalue weighted by molar-refractivity contribution is 7.89. The average molecular weight is 569 g/mol. The molecule has 2 aliphatic rings. The molecule has 1 heterocycles. The van der Waals surface area contributed by atoms with Crippen molar-refractivity contribution in [3.05, 3.63) is 29.8 Å². The number of hydrogen-bond acceptors (Lipinski definition) is 9. The van der Waals surface area contributed by atoms with E-state index in [0.717, 1.165) is 12.1 Å². The molecule has 0 spiro atoms. The summed E-state index contributed by atoms with van der Waals surface area (Å²) in [5.41, 5.74) is -0.509. The van der Waals surface area contributed by atoms with Gasteiger partial charge in [-0.1, -0.05) is 12.1 Å². The van der Waals surface area contributed by atoms with Crippen LogP contribution in [0.2, 0.25) is 0 Å². The number of hydrogen-bond donors (Lipinski definition) is 5. The van der Waals surface area contributed by atoms with Crippen molar-refractivity contribution in [1.82, 2.24) is 19.8 Å². The summed E-state index contributed by atoms with van der Waals surface area (Å²) in [6, 6.07) is 2.98. The summed E-state index contributed by atoms with van der Waals surface area (Å²) >= 11 is 0. The highest BCUT2D eigenvalue weighted by Gasteiger charge is 2.39. The number of aromatic carboxylic acids is 1. The van der Waals surface area contributed by atoms with Crippen molar-refractivity contribution < 1.29 is 42.5 Å². The lowest BCUT2D eigenvalue weighted by Gasteiger charge is -2.31.